The van der Waals surface area contributed by atoms with Gasteiger partial charge in [-0.15, -0.1) is 0 Å². The van der Waals surface area contributed by atoms with Gasteiger partial charge in [0.1, 0.15) is 29.3 Å². The molecule has 1 nitrogen and oxygen atoms in total. The van der Waals surface area contributed by atoms with Crippen LogP contribution < -0.4 is 5.32 Å². The monoisotopic (exact) mass is 541 g/mol. The van der Waals surface area contributed by atoms with Gasteiger partial charge >= 0.3 is 6.18 Å². The van der Waals surface area contributed by atoms with Gasteiger partial charge in [0.25, 0.3) is 0 Å². The lowest BCUT2D eigenvalue weighted by Crippen LogP contribution is -2.35. The molecule has 0 fully saturated rings. The van der Waals surface area contributed by atoms with Gasteiger partial charge in [-0.1, -0.05) is 52.8 Å². The number of hydrogen-bond acceptors (Lipinski definition) is 1. The van der Waals surface area contributed by atoms with Crippen LogP contribution in [0.3, 0.4) is 0 Å². The van der Waals surface area contributed by atoms with Gasteiger partial charge in [0.2, 0.25) is 0 Å². The molecule has 0 bridgehead atoms. The minimum absolute atomic E-state index is 0.120. The lowest BCUT2D eigenvalue weighted by Gasteiger charge is -2.22. The van der Waals surface area contributed by atoms with Crippen LogP contribution in [0.2, 0.25) is 0 Å². The third-order valence-electron chi connectivity index (χ3n) is 6.26. The van der Waals surface area contributed by atoms with Crippen LogP contribution in [-0.2, 0) is 0 Å². The van der Waals surface area contributed by atoms with E-state index in [9.17, 15) is 30.7 Å². The minimum atomic E-state index is -4.46. The topological polar surface area (TPSA) is 12.0 Å². The third kappa shape index (κ3) is 7.29. The predicted octanol–water partition coefficient (Wildman–Crippen LogP) is 10.2. The number of alkyl halides is 3. The molecule has 0 aliphatic carbocycles. The van der Waals surface area contributed by atoms with Crippen molar-refractivity contribution in [3.63, 3.8) is 0 Å². The first-order chi connectivity index (χ1) is 17.6. The van der Waals surface area contributed by atoms with Crippen molar-refractivity contribution in [1.82, 2.24) is 0 Å². The predicted molar refractivity (Wildman–Crippen MR) is 140 cm³/mol. The summed E-state index contributed by atoms with van der Waals surface area (Å²) >= 11 is 0. The minimum Gasteiger partial charge on any atom is -0.374 e. The molecule has 38 heavy (non-hydrogen) atoms. The largest absolute Gasteiger partial charge is 0.408 e. The van der Waals surface area contributed by atoms with Gasteiger partial charge in [0.15, 0.2) is 0 Å². The third-order valence-corrected chi connectivity index (χ3v) is 6.26. The Bertz CT molecular complexity index is 1200. The van der Waals surface area contributed by atoms with Crippen LogP contribution in [0, 0.1) is 37.1 Å². The van der Waals surface area contributed by atoms with Crippen LogP contribution in [-0.4, -0.2) is 12.2 Å². The highest BCUT2D eigenvalue weighted by Gasteiger charge is 2.38. The normalized spacial score (nSPS) is 12.4. The fourth-order valence-corrected chi connectivity index (χ4v) is 4.37. The zero-order valence-electron chi connectivity index (χ0n) is 22.6. The molecule has 0 radical (unpaired) electrons. The second-order valence-corrected chi connectivity index (χ2v) is 9.90. The summed E-state index contributed by atoms with van der Waals surface area (Å²) in [6.45, 7) is 12.1. The van der Waals surface area contributed by atoms with Gasteiger partial charge in [-0.3, -0.25) is 0 Å². The van der Waals surface area contributed by atoms with Crippen molar-refractivity contribution < 1.29 is 30.7 Å². The molecule has 0 saturated carbocycles. The molecule has 1 N–H and O–H groups in total. The van der Waals surface area contributed by atoms with Crippen molar-refractivity contribution in [2.45, 2.75) is 78.9 Å². The maximum Gasteiger partial charge on any atom is 0.408 e. The molecule has 3 rings (SSSR count). The molecule has 8 heteroatoms. The highest BCUT2D eigenvalue weighted by Crippen LogP contribution is 2.34. The molecule has 0 aromatic heterocycles. The molecule has 3 aromatic rings. The standard InChI is InChI=1S/C17H18F2.C13H16F5N/c1-10(2)15-14(18)9-8-13(17(15)19)16-11(3)6-5-7-12(16)4;1-4-11(13(16,17)18)19-8-5-9(14)12(7(2)3)10(15)6-8/h5-10H,1-4H3;5-7,11,19H,4H2,1-3H3. The summed E-state index contributed by atoms with van der Waals surface area (Å²) in [6, 6.07) is 8.70. The van der Waals surface area contributed by atoms with Crippen LogP contribution in [0.25, 0.3) is 11.1 Å². The Hall–Kier alpha value is -3.03. The van der Waals surface area contributed by atoms with E-state index < -0.39 is 35.5 Å². The summed E-state index contributed by atoms with van der Waals surface area (Å²) in [5.74, 6) is -3.14. The van der Waals surface area contributed by atoms with E-state index in [0.29, 0.717) is 5.56 Å². The van der Waals surface area contributed by atoms with E-state index in [2.05, 4.69) is 5.32 Å². The average Bonchev–Trinajstić information content (AvgIpc) is 2.77. The number of aryl methyl sites for hydroxylation is 2. The van der Waals surface area contributed by atoms with Crippen LogP contribution in [0.15, 0.2) is 42.5 Å². The fourth-order valence-electron chi connectivity index (χ4n) is 4.37. The summed E-state index contributed by atoms with van der Waals surface area (Å²) in [4.78, 5) is 0. The molecule has 3 aromatic carbocycles. The molecule has 0 aliphatic rings. The zero-order valence-corrected chi connectivity index (χ0v) is 22.6. The van der Waals surface area contributed by atoms with Gasteiger partial charge in [-0.05, 0) is 73.1 Å². The molecular formula is C30H34F7N. The molecule has 0 spiro atoms. The van der Waals surface area contributed by atoms with Crippen molar-refractivity contribution in [3.8, 4) is 11.1 Å². The van der Waals surface area contributed by atoms with Crippen LogP contribution in [0.4, 0.5) is 36.4 Å². The SMILES string of the molecule is CCC(Nc1cc(F)c(C(C)C)c(F)c1)C(F)(F)F.Cc1cccc(C)c1-c1ccc(F)c(C(C)C)c1F. The zero-order chi connectivity index (χ0) is 28.9. The molecule has 208 valence electrons. The second-order valence-electron chi connectivity index (χ2n) is 9.90. The van der Waals surface area contributed by atoms with Crippen LogP contribution >= 0.6 is 0 Å². The van der Waals surface area contributed by atoms with Gasteiger partial charge in [-0.25, -0.2) is 17.6 Å². The van der Waals surface area contributed by atoms with E-state index in [0.717, 1.165) is 28.8 Å². The Balaban J connectivity index is 0.000000267. The fraction of sp³-hybridized carbons (Fsp3) is 0.400. The summed E-state index contributed by atoms with van der Waals surface area (Å²) in [7, 11) is 0. The number of hydrogen-bond donors (Lipinski definition) is 1. The van der Waals surface area contributed by atoms with E-state index in [4.69, 9.17) is 0 Å². The average molecular weight is 542 g/mol. The molecule has 0 amide bonds. The van der Waals surface area contributed by atoms with Gasteiger partial charge < -0.3 is 5.32 Å². The van der Waals surface area contributed by atoms with E-state index in [-0.39, 0.29) is 35.1 Å². The van der Waals surface area contributed by atoms with Crippen LogP contribution in [0.1, 0.15) is 75.1 Å². The molecule has 1 unspecified atom stereocenters. The van der Waals surface area contributed by atoms with Crippen molar-refractivity contribution in [2.75, 3.05) is 5.32 Å². The number of rotatable bonds is 6. The van der Waals surface area contributed by atoms with Gasteiger partial charge in [0, 0.05) is 22.4 Å². The van der Waals surface area contributed by atoms with Gasteiger partial charge in [0.05, 0.1) is 0 Å². The summed E-state index contributed by atoms with van der Waals surface area (Å²) < 4.78 is 93.3. The number of benzene rings is 3. The lowest BCUT2D eigenvalue weighted by molar-refractivity contribution is -0.142. The van der Waals surface area contributed by atoms with Crippen molar-refractivity contribution >= 4 is 5.69 Å². The number of nitrogens with one attached hydrogen (secondary N) is 1. The maximum atomic E-state index is 14.6. The van der Waals surface area contributed by atoms with E-state index in [1.165, 1.54) is 19.1 Å². The Morgan fingerprint density at radius 1 is 0.737 bits per heavy atom. The van der Waals surface area contributed by atoms with Crippen molar-refractivity contribution in [2.24, 2.45) is 0 Å². The van der Waals surface area contributed by atoms with Crippen molar-refractivity contribution in [1.29, 1.82) is 0 Å². The summed E-state index contributed by atoms with van der Waals surface area (Å²) in [6.07, 6.45) is -4.68. The molecular weight excluding hydrogens is 507 g/mol. The van der Waals surface area contributed by atoms with E-state index in [1.54, 1.807) is 27.7 Å². The Kier molecular flexibility index (Phi) is 10.4. The summed E-state index contributed by atoms with van der Waals surface area (Å²) in [5.41, 5.74) is 3.19. The molecule has 0 aliphatic heterocycles. The Morgan fingerprint density at radius 2 is 1.24 bits per heavy atom. The van der Waals surface area contributed by atoms with E-state index in [1.807, 2.05) is 32.0 Å². The lowest BCUT2D eigenvalue weighted by atomic mass is 9.91. The van der Waals surface area contributed by atoms with E-state index >= 15 is 0 Å². The quantitative estimate of drug-likeness (QED) is 0.306. The first-order valence-corrected chi connectivity index (χ1v) is 12.5. The highest BCUT2D eigenvalue weighted by molar-refractivity contribution is 5.72. The van der Waals surface area contributed by atoms with Gasteiger partial charge in [-0.2, -0.15) is 13.2 Å². The number of halogens is 7. The Morgan fingerprint density at radius 3 is 1.66 bits per heavy atom. The molecule has 1 atom stereocenters. The maximum absolute atomic E-state index is 14.6. The first-order valence-electron chi connectivity index (χ1n) is 12.5. The first kappa shape index (κ1) is 31.2. The summed E-state index contributed by atoms with van der Waals surface area (Å²) in [5, 5.41) is 2.11. The van der Waals surface area contributed by atoms with Crippen molar-refractivity contribution in [3.05, 3.63) is 88.0 Å². The smallest absolute Gasteiger partial charge is 0.374 e. The second kappa shape index (κ2) is 12.7. The molecule has 0 heterocycles. The Labute approximate surface area is 220 Å². The highest BCUT2D eigenvalue weighted by atomic mass is 19.4. The number of anilines is 1. The molecule has 0 saturated heterocycles. The van der Waals surface area contributed by atoms with Crippen LogP contribution in [0.5, 0.6) is 0 Å².